The summed E-state index contributed by atoms with van der Waals surface area (Å²) in [4.78, 5) is 16.7. The number of fused-ring (bicyclic) bond motifs is 1. The van der Waals surface area contributed by atoms with Crippen molar-refractivity contribution < 1.29 is 13.9 Å². The number of carbonyl (C=O) groups is 1. The number of benzene rings is 2. The van der Waals surface area contributed by atoms with Gasteiger partial charge in [0.2, 0.25) is 0 Å². The Morgan fingerprint density at radius 1 is 1.13 bits per heavy atom. The van der Waals surface area contributed by atoms with Gasteiger partial charge in [0.1, 0.15) is 11.9 Å². The monoisotopic (exact) mass is 417 g/mol. The first kappa shape index (κ1) is 21.2. The van der Waals surface area contributed by atoms with E-state index in [2.05, 4.69) is 12.1 Å². The van der Waals surface area contributed by atoms with Crippen molar-refractivity contribution >= 4 is 22.9 Å². The molecule has 4 heteroatoms. The van der Waals surface area contributed by atoms with E-state index in [1.54, 1.807) is 6.07 Å². The molecule has 1 aromatic heterocycles. The second-order valence-electron chi connectivity index (χ2n) is 8.32. The van der Waals surface area contributed by atoms with Gasteiger partial charge < -0.3 is 4.74 Å². The van der Waals surface area contributed by atoms with Crippen molar-refractivity contribution in [1.82, 2.24) is 4.98 Å². The molecule has 3 nitrogen and oxygen atoms in total. The second kappa shape index (κ2) is 8.62. The Balaban J connectivity index is 0.00000231. The molecule has 5 rings (SSSR count). The molecule has 0 N–H and O–H groups in total. The standard InChI is InChI=1S/C26H24FNO2.CH4/c1-16-15-18(27)11-13-20(16)25-21-6-2-3-7-23(21)28-26(17-9-10-17)22(25)14-12-19-5-4-8-24(29)30-19;/h2-3,6-7,11-15,17,19H,4-5,8-10H2,1H3;1H4/b14-12+;. The molecule has 2 aliphatic rings. The number of aryl methyl sites for hydroxylation is 1. The van der Waals surface area contributed by atoms with Crippen LogP contribution in [0.3, 0.4) is 0 Å². The van der Waals surface area contributed by atoms with E-state index < -0.39 is 0 Å². The van der Waals surface area contributed by atoms with Crippen LogP contribution in [-0.2, 0) is 9.53 Å². The molecule has 1 unspecified atom stereocenters. The Labute approximate surface area is 183 Å². The highest BCUT2D eigenvalue weighted by Gasteiger charge is 2.30. The Morgan fingerprint density at radius 3 is 2.68 bits per heavy atom. The topological polar surface area (TPSA) is 39.2 Å². The lowest BCUT2D eigenvalue weighted by Gasteiger charge is -2.20. The van der Waals surface area contributed by atoms with Crippen LogP contribution in [0.5, 0.6) is 0 Å². The highest BCUT2D eigenvalue weighted by Crippen LogP contribution is 2.46. The first-order valence-electron chi connectivity index (χ1n) is 10.7. The number of carbonyl (C=O) groups excluding carboxylic acids is 1. The fourth-order valence-corrected chi connectivity index (χ4v) is 4.35. The summed E-state index contributed by atoms with van der Waals surface area (Å²) >= 11 is 0. The van der Waals surface area contributed by atoms with Crippen LogP contribution in [-0.4, -0.2) is 17.1 Å². The van der Waals surface area contributed by atoms with E-state index in [1.807, 2.05) is 37.3 Å². The molecule has 1 atom stereocenters. The van der Waals surface area contributed by atoms with Crippen molar-refractivity contribution in [1.29, 1.82) is 0 Å². The van der Waals surface area contributed by atoms with Crippen LogP contribution in [0.15, 0.2) is 48.5 Å². The molecule has 1 saturated heterocycles. The maximum Gasteiger partial charge on any atom is 0.306 e. The highest BCUT2D eigenvalue weighted by molar-refractivity contribution is 6.00. The van der Waals surface area contributed by atoms with E-state index in [0.717, 1.165) is 64.5 Å². The molecule has 1 aliphatic carbocycles. The van der Waals surface area contributed by atoms with E-state index >= 15 is 0 Å². The van der Waals surface area contributed by atoms with E-state index in [9.17, 15) is 9.18 Å². The lowest BCUT2D eigenvalue weighted by molar-refractivity contribution is -0.150. The smallest absolute Gasteiger partial charge is 0.306 e. The lowest BCUT2D eigenvalue weighted by Crippen LogP contribution is -2.21. The van der Waals surface area contributed by atoms with Crippen LogP contribution in [0.4, 0.5) is 4.39 Å². The Hall–Kier alpha value is -3.01. The summed E-state index contributed by atoms with van der Waals surface area (Å²) in [6, 6.07) is 13.1. The van der Waals surface area contributed by atoms with E-state index in [1.165, 1.54) is 6.07 Å². The zero-order chi connectivity index (χ0) is 20.7. The van der Waals surface area contributed by atoms with Gasteiger partial charge >= 0.3 is 5.97 Å². The predicted molar refractivity (Wildman–Crippen MR) is 123 cm³/mol. The van der Waals surface area contributed by atoms with Gasteiger partial charge in [-0.25, -0.2) is 4.39 Å². The van der Waals surface area contributed by atoms with Gasteiger partial charge in [-0.3, -0.25) is 9.78 Å². The molecule has 2 aromatic carbocycles. The Bertz CT molecular complexity index is 1160. The van der Waals surface area contributed by atoms with E-state index in [4.69, 9.17) is 9.72 Å². The largest absolute Gasteiger partial charge is 0.458 e. The van der Waals surface area contributed by atoms with Gasteiger partial charge in [0.25, 0.3) is 0 Å². The highest BCUT2D eigenvalue weighted by atomic mass is 19.1. The zero-order valence-electron chi connectivity index (χ0n) is 17.0. The summed E-state index contributed by atoms with van der Waals surface area (Å²) in [5.74, 6) is 0.0791. The van der Waals surface area contributed by atoms with Crippen molar-refractivity contribution in [3.8, 4) is 11.1 Å². The number of cyclic esters (lactones) is 1. The van der Waals surface area contributed by atoms with Gasteiger partial charge in [-0.15, -0.1) is 0 Å². The van der Waals surface area contributed by atoms with Crippen LogP contribution in [0, 0.1) is 12.7 Å². The summed E-state index contributed by atoms with van der Waals surface area (Å²) in [6.45, 7) is 1.95. The molecule has 160 valence electrons. The Morgan fingerprint density at radius 2 is 1.94 bits per heavy atom. The number of hydrogen-bond acceptors (Lipinski definition) is 3. The molecule has 0 amide bonds. The first-order valence-corrected chi connectivity index (χ1v) is 10.7. The summed E-state index contributed by atoms with van der Waals surface area (Å²) < 4.78 is 19.3. The van der Waals surface area contributed by atoms with E-state index in [0.29, 0.717) is 12.3 Å². The Kier molecular flexibility index (Phi) is 5.90. The fraction of sp³-hybridized carbons (Fsp3) is 0.333. The molecule has 2 heterocycles. The fourth-order valence-electron chi connectivity index (χ4n) is 4.35. The molecular weight excluding hydrogens is 389 g/mol. The third-order valence-corrected chi connectivity index (χ3v) is 6.01. The SMILES string of the molecule is C.Cc1cc(F)ccc1-c1c(/C=C/C2CCCC(=O)O2)c(C2CC2)nc2ccccc12. The van der Waals surface area contributed by atoms with Gasteiger partial charge in [0.05, 0.1) is 11.2 Å². The minimum absolute atomic E-state index is 0. The van der Waals surface area contributed by atoms with Crippen molar-refractivity contribution in [3.63, 3.8) is 0 Å². The molecular formula is C27H28FNO2. The van der Waals surface area contributed by atoms with Crippen molar-refractivity contribution in [2.24, 2.45) is 0 Å². The van der Waals surface area contributed by atoms with Crippen LogP contribution in [0.25, 0.3) is 28.1 Å². The predicted octanol–water partition coefficient (Wildman–Crippen LogP) is 6.97. The van der Waals surface area contributed by atoms with Gasteiger partial charge in [-0.1, -0.05) is 37.8 Å². The lowest BCUT2D eigenvalue weighted by atomic mass is 9.90. The molecule has 1 saturated carbocycles. The third-order valence-electron chi connectivity index (χ3n) is 6.01. The van der Waals surface area contributed by atoms with Crippen LogP contribution < -0.4 is 0 Å². The molecule has 0 radical (unpaired) electrons. The van der Waals surface area contributed by atoms with E-state index in [-0.39, 0.29) is 25.3 Å². The molecule has 2 fully saturated rings. The number of aromatic nitrogens is 1. The summed E-state index contributed by atoms with van der Waals surface area (Å²) in [6.07, 6.45) is 8.32. The summed E-state index contributed by atoms with van der Waals surface area (Å²) in [5.41, 5.74) is 6.10. The van der Waals surface area contributed by atoms with Gasteiger partial charge in [0.15, 0.2) is 0 Å². The molecule has 31 heavy (non-hydrogen) atoms. The summed E-state index contributed by atoms with van der Waals surface area (Å²) in [5, 5.41) is 1.05. The second-order valence-corrected chi connectivity index (χ2v) is 8.32. The quantitative estimate of drug-likeness (QED) is 0.430. The minimum atomic E-state index is -0.233. The van der Waals surface area contributed by atoms with Crippen molar-refractivity contribution in [3.05, 3.63) is 71.2 Å². The average Bonchev–Trinajstić information content (AvgIpc) is 3.57. The number of rotatable bonds is 4. The minimum Gasteiger partial charge on any atom is -0.458 e. The number of hydrogen-bond donors (Lipinski definition) is 0. The van der Waals surface area contributed by atoms with Crippen LogP contribution in [0.1, 0.15) is 62.3 Å². The maximum atomic E-state index is 13.8. The van der Waals surface area contributed by atoms with Gasteiger partial charge in [-0.05, 0) is 68.0 Å². The zero-order valence-corrected chi connectivity index (χ0v) is 17.0. The third kappa shape index (κ3) is 4.25. The molecule has 1 aliphatic heterocycles. The number of ether oxygens (including phenoxy) is 1. The van der Waals surface area contributed by atoms with Crippen molar-refractivity contribution in [2.45, 2.75) is 58.5 Å². The molecule has 3 aromatic rings. The maximum absolute atomic E-state index is 13.8. The number of para-hydroxylation sites is 1. The number of nitrogens with zero attached hydrogens (tertiary/aromatic N) is 1. The van der Waals surface area contributed by atoms with Crippen LogP contribution >= 0.6 is 0 Å². The summed E-state index contributed by atoms with van der Waals surface area (Å²) in [7, 11) is 0. The average molecular weight is 418 g/mol. The molecule has 0 spiro atoms. The van der Waals surface area contributed by atoms with Gasteiger partial charge in [-0.2, -0.15) is 0 Å². The van der Waals surface area contributed by atoms with Gasteiger partial charge in [0, 0.05) is 28.9 Å². The van der Waals surface area contributed by atoms with Crippen LogP contribution in [0.2, 0.25) is 0 Å². The number of pyridine rings is 1. The normalized spacial score (nSPS) is 18.8. The molecule has 0 bridgehead atoms. The number of esters is 1. The first-order chi connectivity index (χ1) is 14.6. The number of halogens is 1. The van der Waals surface area contributed by atoms with Crippen molar-refractivity contribution in [2.75, 3.05) is 0 Å².